The number of carbonyl (C=O) groups is 1. The molecule has 2 amide bonds. The topological polar surface area (TPSA) is 135 Å². The largest absolute Gasteiger partial charge is 0.333 e. The minimum Gasteiger partial charge on any atom is -0.307 e. The van der Waals surface area contributed by atoms with Crippen LogP contribution in [0.2, 0.25) is 0 Å². The van der Waals surface area contributed by atoms with Crippen LogP contribution in [0.3, 0.4) is 0 Å². The van der Waals surface area contributed by atoms with E-state index in [4.69, 9.17) is 5.14 Å². The van der Waals surface area contributed by atoms with E-state index in [1.807, 2.05) is 4.72 Å². The van der Waals surface area contributed by atoms with E-state index in [2.05, 4.69) is 5.32 Å². The van der Waals surface area contributed by atoms with Crippen molar-refractivity contribution >= 4 is 43.1 Å². The second kappa shape index (κ2) is 6.75. The van der Waals surface area contributed by atoms with Crippen LogP contribution in [-0.4, -0.2) is 22.9 Å². The number of amides is 2. The predicted molar refractivity (Wildman–Crippen MR) is 95.7 cm³/mol. The quantitative estimate of drug-likeness (QED) is 0.715. The summed E-state index contributed by atoms with van der Waals surface area (Å²) in [6, 6.07) is 1.92. The molecule has 1 heterocycles. The average molecular weight is 404 g/mol. The van der Waals surface area contributed by atoms with Gasteiger partial charge in [0.05, 0.1) is 9.79 Å². The number of hydrogen-bond acceptors (Lipinski definition) is 6. The van der Waals surface area contributed by atoms with Crippen molar-refractivity contribution in [3.63, 3.8) is 0 Å². The molecule has 0 saturated heterocycles. The van der Waals surface area contributed by atoms with Crippen LogP contribution in [0.5, 0.6) is 0 Å². The van der Waals surface area contributed by atoms with Gasteiger partial charge >= 0.3 is 6.03 Å². The van der Waals surface area contributed by atoms with Gasteiger partial charge in [0.15, 0.2) is 0 Å². The van der Waals surface area contributed by atoms with Gasteiger partial charge in [-0.3, -0.25) is 0 Å². The summed E-state index contributed by atoms with van der Waals surface area (Å²) in [4.78, 5) is 12.0. The maximum atomic E-state index is 12.1. The highest BCUT2D eigenvalue weighted by atomic mass is 32.2. The fourth-order valence-electron chi connectivity index (χ4n) is 2.52. The van der Waals surface area contributed by atoms with E-state index in [0.717, 1.165) is 0 Å². The molecule has 4 N–H and O–H groups in total. The second-order valence-corrected chi connectivity index (χ2v) is 9.36. The van der Waals surface area contributed by atoms with Gasteiger partial charge < -0.3 is 5.32 Å². The highest BCUT2D eigenvalue weighted by Crippen LogP contribution is 2.29. The number of nitrogens with one attached hydrogen (secondary N) is 2. The van der Waals surface area contributed by atoms with Gasteiger partial charge in [-0.25, -0.2) is 31.5 Å². The Morgan fingerprint density at radius 3 is 2.28 bits per heavy atom. The Morgan fingerprint density at radius 1 is 1.12 bits per heavy atom. The Bertz CT molecular complexity index is 1030. The van der Waals surface area contributed by atoms with E-state index in [1.54, 1.807) is 25.3 Å². The van der Waals surface area contributed by atoms with Crippen molar-refractivity contribution in [1.82, 2.24) is 4.72 Å². The fourth-order valence-corrected chi connectivity index (χ4v) is 5.50. The lowest BCUT2D eigenvalue weighted by molar-refractivity contribution is 0.256. The highest BCUT2D eigenvalue weighted by molar-refractivity contribution is 7.90. The Labute approximate surface area is 150 Å². The standard InChI is InChI=1S/C14H17N3O5S3/c1-8-6-9(2)13(24(15,19)20)10(3)12(8)16-14(18)17-25(21,22)11-4-5-23-7-11/h4-7H,1-3H3,(H2,15,19,20)(H2,16,17,18). The number of aryl methyl sites for hydroxylation is 2. The number of hydrogen-bond donors (Lipinski definition) is 3. The number of carbonyl (C=O) groups excluding carboxylic acids is 1. The van der Waals surface area contributed by atoms with Crippen molar-refractivity contribution in [2.24, 2.45) is 5.14 Å². The van der Waals surface area contributed by atoms with Crippen LogP contribution in [0.1, 0.15) is 16.7 Å². The number of primary sulfonamides is 1. The van der Waals surface area contributed by atoms with Crippen LogP contribution < -0.4 is 15.2 Å². The monoisotopic (exact) mass is 403 g/mol. The van der Waals surface area contributed by atoms with Crippen molar-refractivity contribution < 1.29 is 21.6 Å². The van der Waals surface area contributed by atoms with Crippen LogP contribution in [0, 0.1) is 20.8 Å². The first-order valence-corrected chi connectivity index (χ1v) is 10.9. The van der Waals surface area contributed by atoms with Crippen LogP contribution in [0.4, 0.5) is 10.5 Å². The molecule has 0 aliphatic rings. The molecule has 136 valence electrons. The fraction of sp³-hybridized carbons (Fsp3) is 0.214. The number of thiophene rings is 1. The predicted octanol–water partition coefficient (Wildman–Crippen LogP) is 1.83. The molecule has 0 bridgehead atoms. The molecule has 0 aliphatic heterocycles. The smallest absolute Gasteiger partial charge is 0.307 e. The first-order chi connectivity index (χ1) is 11.4. The van der Waals surface area contributed by atoms with Crippen LogP contribution in [0.25, 0.3) is 0 Å². The molecule has 11 heteroatoms. The van der Waals surface area contributed by atoms with E-state index in [9.17, 15) is 21.6 Å². The summed E-state index contributed by atoms with van der Waals surface area (Å²) in [5.74, 6) is 0. The molecule has 1 aromatic carbocycles. The Hall–Kier alpha value is -1.95. The number of rotatable bonds is 4. The lowest BCUT2D eigenvalue weighted by Crippen LogP contribution is -2.34. The van der Waals surface area contributed by atoms with E-state index >= 15 is 0 Å². The van der Waals surface area contributed by atoms with Gasteiger partial charge in [0.2, 0.25) is 10.0 Å². The van der Waals surface area contributed by atoms with Crippen molar-refractivity contribution in [1.29, 1.82) is 0 Å². The lowest BCUT2D eigenvalue weighted by atomic mass is 10.0. The molecule has 25 heavy (non-hydrogen) atoms. The molecule has 0 saturated carbocycles. The molecule has 1 aromatic heterocycles. The lowest BCUT2D eigenvalue weighted by Gasteiger charge is -2.17. The molecule has 0 spiro atoms. The molecule has 2 rings (SSSR count). The normalized spacial score (nSPS) is 12.0. The van der Waals surface area contributed by atoms with Crippen LogP contribution in [0.15, 0.2) is 32.7 Å². The first kappa shape index (κ1) is 19.4. The molecule has 0 unspecified atom stereocenters. The number of nitrogens with two attached hydrogens (primary N) is 1. The first-order valence-electron chi connectivity index (χ1n) is 6.93. The van der Waals surface area contributed by atoms with E-state index in [-0.39, 0.29) is 21.0 Å². The van der Waals surface area contributed by atoms with Crippen molar-refractivity contribution in [2.45, 2.75) is 30.6 Å². The second-order valence-electron chi connectivity index (χ2n) is 5.40. The van der Waals surface area contributed by atoms with E-state index < -0.39 is 26.1 Å². The maximum absolute atomic E-state index is 12.1. The molecule has 8 nitrogen and oxygen atoms in total. The summed E-state index contributed by atoms with van der Waals surface area (Å²) in [6.07, 6.45) is 0. The molecule has 0 aliphatic carbocycles. The zero-order chi connectivity index (χ0) is 19.0. The summed E-state index contributed by atoms with van der Waals surface area (Å²) >= 11 is 1.18. The molecule has 0 radical (unpaired) electrons. The third-order valence-corrected chi connectivity index (χ3v) is 6.81. The summed E-state index contributed by atoms with van der Waals surface area (Å²) in [7, 11) is -8.00. The summed E-state index contributed by atoms with van der Waals surface area (Å²) in [5, 5.41) is 10.6. The molecule has 0 atom stereocenters. The number of benzene rings is 1. The molecular weight excluding hydrogens is 386 g/mol. The Kier molecular flexibility index (Phi) is 5.23. The van der Waals surface area contributed by atoms with Crippen molar-refractivity contribution in [3.8, 4) is 0 Å². The molecule has 2 aromatic rings. The van der Waals surface area contributed by atoms with Gasteiger partial charge in [-0.1, -0.05) is 6.07 Å². The third-order valence-electron chi connectivity index (χ3n) is 3.46. The van der Waals surface area contributed by atoms with Crippen molar-refractivity contribution in [2.75, 3.05) is 5.32 Å². The van der Waals surface area contributed by atoms with Crippen LogP contribution in [-0.2, 0) is 20.0 Å². The SMILES string of the molecule is Cc1cc(C)c(S(N)(=O)=O)c(C)c1NC(=O)NS(=O)(=O)c1ccsc1. The van der Waals surface area contributed by atoms with Gasteiger partial charge in [0.25, 0.3) is 10.0 Å². The van der Waals surface area contributed by atoms with Crippen molar-refractivity contribution in [3.05, 3.63) is 39.6 Å². The summed E-state index contributed by atoms with van der Waals surface area (Å²) in [6.45, 7) is 4.74. The van der Waals surface area contributed by atoms with E-state index in [0.29, 0.717) is 11.1 Å². The van der Waals surface area contributed by atoms with E-state index in [1.165, 1.54) is 29.7 Å². The number of sulfonamides is 2. The Balaban J connectivity index is 2.36. The van der Waals surface area contributed by atoms with Crippen LogP contribution >= 0.6 is 11.3 Å². The third kappa shape index (κ3) is 4.18. The van der Waals surface area contributed by atoms with Gasteiger partial charge in [-0.2, -0.15) is 11.3 Å². The number of anilines is 1. The summed E-state index contributed by atoms with van der Waals surface area (Å²) < 4.78 is 49.5. The Morgan fingerprint density at radius 2 is 1.76 bits per heavy atom. The number of urea groups is 1. The zero-order valence-corrected chi connectivity index (χ0v) is 16.1. The summed E-state index contributed by atoms with van der Waals surface area (Å²) in [5.41, 5.74) is 1.44. The molecule has 0 fully saturated rings. The van der Waals surface area contributed by atoms with Gasteiger partial charge in [0, 0.05) is 11.1 Å². The highest BCUT2D eigenvalue weighted by Gasteiger charge is 2.22. The van der Waals surface area contributed by atoms with Gasteiger partial charge in [-0.15, -0.1) is 0 Å². The minimum atomic E-state index is -4.00. The minimum absolute atomic E-state index is 0.0322. The molecular formula is C14H17N3O5S3. The van der Waals surface area contributed by atoms with Gasteiger partial charge in [0.1, 0.15) is 0 Å². The van der Waals surface area contributed by atoms with Gasteiger partial charge in [-0.05, 0) is 48.9 Å². The average Bonchev–Trinajstić information content (AvgIpc) is 2.95. The maximum Gasteiger partial charge on any atom is 0.333 e. The zero-order valence-electron chi connectivity index (χ0n) is 13.7.